The Bertz CT molecular complexity index is 527. The summed E-state index contributed by atoms with van der Waals surface area (Å²) < 4.78 is 0. The summed E-state index contributed by atoms with van der Waals surface area (Å²) in [6.45, 7) is 5.47. The monoisotopic (exact) mass is 360 g/mol. The number of nitrogens with one attached hydrogen (secondary N) is 1. The molecule has 0 saturated heterocycles. The van der Waals surface area contributed by atoms with Crippen molar-refractivity contribution >= 4 is 19.4 Å². The van der Waals surface area contributed by atoms with Crippen LogP contribution in [0.4, 0.5) is 0 Å². The number of hydrogen-bond acceptors (Lipinski definition) is 2. The van der Waals surface area contributed by atoms with E-state index in [-0.39, 0.29) is 5.54 Å². The van der Waals surface area contributed by atoms with Gasteiger partial charge in [0.2, 0.25) is 0 Å². The molecule has 138 valence electrons. The van der Waals surface area contributed by atoms with Crippen molar-refractivity contribution in [2.75, 3.05) is 6.54 Å². The van der Waals surface area contributed by atoms with Gasteiger partial charge >= 0.3 is 0 Å². The van der Waals surface area contributed by atoms with E-state index >= 15 is 0 Å². The zero-order valence-corrected chi connectivity index (χ0v) is 16.7. The minimum Gasteiger partial charge on any atom is -0.325 e. The fraction of sp³-hybridized carbons (Fsp3) is 0.714. The van der Waals surface area contributed by atoms with Crippen molar-refractivity contribution < 1.29 is 0 Å². The number of hydrogen-bond donors (Lipinski definition) is 2. The van der Waals surface area contributed by atoms with Gasteiger partial charge in [0.05, 0.1) is 7.85 Å². The Balaban J connectivity index is 1.71. The molecule has 0 amide bonds. The number of rotatable bonds is 11. The van der Waals surface area contributed by atoms with Gasteiger partial charge in [-0.2, -0.15) is 0 Å². The second kappa shape index (κ2) is 9.99. The molecule has 1 atom stereocenters. The molecule has 2 nitrogen and oxygen atoms in total. The van der Waals surface area contributed by atoms with E-state index in [2.05, 4.69) is 31.3 Å². The first-order valence-corrected chi connectivity index (χ1v) is 10.3. The van der Waals surface area contributed by atoms with Crippen molar-refractivity contribution in [3.63, 3.8) is 0 Å². The lowest BCUT2D eigenvalue weighted by atomic mass is 9.67. The number of benzene rings is 1. The summed E-state index contributed by atoms with van der Waals surface area (Å²) in [5.74, 6) is 0.647. The van der Waals surface area contributed by atoms with Crippen molar-refractivity contribution in [1.82, 2.24) is 5.32 Å². The summed E-state index contributed by atoms with van der Waals surface area (Å²) in [5, 5.41) is 4.56. The molecule has 0 aromatic heterocycles. The van der Waals surface area contributed by atoms with E-state index in [4.69, 9.17) is 25.2 Å². The summed E-state index contributed by atoms with van der Waals surface area (Å²) in [7, 11) is 5.58. The maximum absolute atomic E-state index is 6.53. The van der Waals surface area contributed by atoms with Gasteiger partial charge < -0.3 is 11.1 Å². The molecule has 1 aromatic carbocycles. The first-order chi connectivity index (χ1) is 12.0. The largest absolute Gasteiger partial charge is 0.325 e. The third-order valence-corrected chi connectivity index (χ3v) is 5.99. The maximum Gasteiger partial charge on any atom is 0.0653 e. The van der Waals surface area contributed by atoms with Crippen LogP contribution in [-0.4, -0.2) is 26.0 Å². The van der Waals surface area contributed by atoms with Crippen LogP contribution in [0.3, 0.4) is 0 Å². The summed E-state index contributed by atoms with van der Waals surface area (Å²) in [5.41, 5.74) is 9.33. The fourth-order valence-electron chi connectivity index (χ4n) is 3.93. The van der Waals surface area contributed by atoms with E-state index in [1.54, 1.807) is 0 Å². The molecule has 2 radical (unpaired) electrons. The molecule has 1 saturated carbocycles. The SMILES string of the molecule is [B]CCCCC(C)(N)C1CC(NCCc2ccc(Cl)cc2CCC)C1. The highest BCUT2D eigenvalue weighted by molar-refractivity contribution is 6.30. The highest BCUT2D eigenvalue weighted by atomic mass is 35.5. The van der Waals surface area contributed by atoms with Crippen LogP contribution in [0.5, 0.6) is 0 Å². The predicted octanol–water partition coefficient (Wildman–Crippen LogP) is 4.68. The first-order valence-electron chi connectivity index (χ1n) is 9.96. The highest BCUT2D eigenvalue weighted by Gasteiger charge is 2.39. The van der Waals surface area contributed by atoms with Crippen molar-refractivity contribution in [2.45, 2.75) is 83.1 Å². The van der Waals surface area contributed by atoms with Gasteiger partial charge in [-0.25, -0.2) is 0 Å². The second-order valence-electron chi connectivity index (χ2n) is 7.98. The molecule has 1 aliphatic carbocycles. The van der Waals surface area contributed by atoms with Crippen molar-refractivity contribution in [3.05, 3.63) is 34.3 Å². The van der Waals surface area contributed by atoms with E-state index in [0.717, 1.165) is 56.4 Å². The topological polar surface area (TPSA) is 38.0 Å². The van der Waals surface area contributed by atoms with Gasteiger partial charge in [0, 0.05) is 16.6 Å². The zero-order chi connectivity index (χ0) is 18.3. The third kappa shape index (κ3) is 6.30. The van der Waals surface area contributed by atoms with Gasteiger partial charge in [-0.15, -0.1) is 0 Å². The lowest BCUT2D eigenvalue weighted by molar-refractivity contribution is 0.124. The summed E-state index contributed by atoms with van der Waals surface area (Å²) >= 11 is 6.14. The molecular weight excluding hydrogens is 327 g/mol. The number of aryl methyl sites for hydroxylation is 1. The normalized spacial score (nSPS) is 22.4. The van der Waals surface area contributed by atoms with Crippen LogP contribution in [0.25, 0.3) is 0 Å². The molecular formula is C21H34BClN2. The van der Waals surface area contributed by atoms with Crippen LogP contribution in [0.1, 0.15) is 63.5 Å². The third-order valence-electron chi connectivity index (χ3n) is 5.76. The summed E-state index contributed by atoms with van der Waals surface area (Å²) in [6.07, 6.45) is 9.85. The van der Waals surface area contributed by atoms with Crippen LogP contribution in [-0.2, 0) is 12.8 Å². The smallest absolute Gasteiger partial charge is 0.0653 e. The average Bonchev–Trinajstić information content (AvgIpc) is 2.51. The lowest BCUT2D eigenvalue weighted by Gasteiger charge is -2.46. The van der Waals surface area contributed by atoms with Crippen LogP contribution in [0.15, 0.2) is 18.2 Å². The average molecular weight is 361 g/mol. The Morgan fingerprint density at radius 3 is 2.68 bits per heavy atom. The van der Waals surface area contributed by atoms with Crippen molar-refractivity contribution in [1.29, 1.82) is 0 Å². The maximum atomic E-state index is 6.53. The summed E-state index contributed by atoms with van der Waals surface area (Å²) in [6, 6.07) is 6.95. The molecule has 1 aromatic rings. The van der Waals surface area contributed by atoms with Crippen LogP contribution in [0, 0.1) is 5.92 Å². The zero-order valence-electron chi connectivity index (χ0n) is 16.0. The Hall–Kier alpha value is -0.505. The molecule has 0 heterocycles. The Morgan fingerprint density at radius 1 is 1.24 bits per heavy atom. The quantitative estimate of drug-likeness (QED) is 0.444. The lowest BCUT2D eigenvalue weighted by Crippen LogP contribution is -2.55. The number of unbranched alkanes of at least 4 members (excludes halogenated alkanes) is 1. The van der Waals surface area contributed by atoms with Crippen LogP contribution in [0.2, 0.25) is 11.3 Å². The molecule has 2 rings (SSSR count). The van der Waals surface area contributed by atoms with E-state index in [0.29, 0.717) is 12.0 Å². The predicted molar refractivity (Wildman–Crippen MR) is 111 cm³/mol. The van der Waals surface area contributed by atoms with Crippen LogP contribution < -0.4 is 11.1 Å². The minimum atomic E-state index is -0.0299. The van der Waals surface area contributed by atoms with Crippen molar-refractivity contribution in [2.24, 2.45) is 11.7 Å². The van der Waals surface area contributed by atoms with Gasteiger partial charge in [0.15, 0.2) is 0 Å². The van der Waals surface area contributed by atoms with Gasteiger partial charge in [-0.05, 0) is 74.8 Å². The Morgan fingerprint density at radius 2 is 2.00 bits per heavy atom. The first kappa shape index (κ1) is 20.8. The second-order valence-corrected chi connectivity index (χ2v) is 8.42. The van der Waals surface area contributed by atoms with E-state index < -0.39 is 0 Å². The Labute approximate surface area is 160 Å². The molecule has 4 heteroatoms. The van der Waals surface area contributed by atoms with E-state index in [1.165, 1.54) is 24.0 Å². The van der Waals surface area contributed by atoms with Crippen molar-refractivity contribution in [3.8, 4) is 0 Å². The van der Waals surface area contributed by atoms with Crippen LogP contribution >= 0.6 is 11.6 Å². The standard InChI is InChI=1S/C21H34BClN2/c1-3-6-17-13-19(23)8-7-16(17)9-12-25-20-14-18(15-20)21(2,24)10-4-5-11-22/h7-8,13,18,20,25H,3-6,9-12,14-15,24H2,1-2H3. The number of nitrogens with two attached hydrogens (primary N) is 1. The van der Waals surface area contributed by atoms with E-state index in [1.807, 2.05) is 6.07 Å². The fourth-order valence-corrected chi connectivity index (χ4v) is 4.12. The van der Waals surface area contributed by atoms with Gasteiger partial charge in [0.25, 0.3) is 0 Å². The minimum absolute atomic E-state index is 0.0299. The molecule has 25 heavy (non-hydrogen) atoms. The Kier molecular flexibility index (Phi) is 8.31. The molecule has 0 aliphatic heterocycles. The highest BCUT2D eigenvalue weighted by Crippen LogP contribution is 2.37. The molecule has 1 unspecified atom stereocenters. The summed E-state index contributed by atoms with van der Waals surface area (Å²) in [4.78, 5) is 0. The van der Waals surface area contributed by atoms with Gasteiger partial charge in [0.1, 0.15) is 0 Å². The number of halogens is 1. The van der Waals surface area contributed by atoms with E-state index in [9.17, 15) is 0 Å². The van der Waals surface area contributed by atoms with Gasteiger partial charge in [-0.3, -0.25) is 0 Å². The molecule has 0 bridgehead atoms. The molecule has 3 N–H and O–H groups in total. The van der Waals surface area contributed by atoms with Gasteiger partial charge in [-0.1, -0.05) is 50.2 Å². The molecule has 0 spiro atoms. The molecule has 1 fully saturated rings. The molecule has 1 aliphatic rings.